The van der Waals surface area contributed by atoms with Gasteiger partial charge in [0.2, 0.25) is 5.91 Å². The molecule has 0 heterocycles. The van der Waals surface area contributed by atoms with Crippen LogP contribution in [0.5, 0.6) is 0 Å². The van der Waals surface area contributed by atoms with E-state index in [1.807, 2.05) is 19.9 Å². The number of amides is 1. The van der Waals surface area contributed by atoms with Crippen LogP contribution in [0.15, 0.2) is 11.6 Å². The third kappa shape index (κ3) is 4.32. The second kappa shape index (κ2) is 6.03. The Hall–Kier alpha value is -0.500. The second-order valence-electron chi connectivity index (χ2n) is 3.68. The van der Waals surface area contributed by atoms with Crippen molar-refractivity contribution in [3.8, 4) is 0 Å². The monoisotopic (exact) mass is 203 g/mol. The zero-order valence-electron chi connectivity index (χ0n) is 8.75. The van der Waals surface area contributed by atoms with Gasteiger partial charge in [-0.05, 0) is 12.3 Å². The average Bonchev–Trinajstić information content (AvgIpc) is 2.04. The Bertz CT molecular complexity index is 187. The summed E-state index contributed by atoms with van der Waals surface area (Å²) in [5.74, 6) is 0.567. The Morgan fingerprint density at radius 3 is 2.31 bits per heavy atom. The number of carbonyl (C=O) groups is 1. The van der Waals surface area contributed by atoms with Gasteiger partial charge in [0.05, 0.1) is 0 Å². The molecule has 0 saturated carbocycles. The number of hydrogen-bond acceptors (Lipinski definition) is 1. The van der Waals surface area contributed by atoms with Gasteiger partial charge in [0, 0.05) is 25.5 Å². The van der Waals surface area contributed by atoms with Gasteiger partial charge >= 0.3 is 0 Å². The molecule has 0 N–H and O–H groups in total. The van der Waals surface area contributed by atoms with Crippen LogP contribution in [-0.2, 0) is 4.79 Å². The first-order valence-corrected chi connectivity index (χ1v) is 4.90. The zero-order chi connectivity index (χ0) is 10.4. The molecule has 3 heteroatoms. The molecular formula is C10H18ClNO. The number of hydrogen-bond donors (Lipinski definition) is 0. The minimum absolute atomic E-state index is 0.0463. The molecule has 1 amide bonds. The van der Waals surface area contributed by atoms with E-state index < -0.39 is 0 Å². The zero-order valence-corrected chi connectivity index (χ0v) is 9.51. The highest BCUT2D eigenvalue weighted by Crippen LogP contribution is 2.18. The van der Waals surface area contributed by atoms with Gasteiger partial charge in [-0.25, -0.2) is 0 Å². The third-order valence-electron chi connectivity index (χ3n) is 2.04. The summed E-state index contributed by atoms with van der Waals surface area (Å²) in [6.45, 7) is 4.10. The van der Waals surface area contributed by atoms with Gasteiger partial charge in [-0.3, -0.25) is 4.79 Å². The molecule has 1 atom stereocenters. The van der Waals surface area contributed by atoms with Crippen molar-refractivity contribution >= 4 is 17.5 Å². The Balaban J connectivity index is 4.33. The lowest BCUT2D eigenvalue weighted by atomic mass is 9.91. The van der Waals surface area contributed by atoms with Crippen molar-refractivity contribution in [2.45, 2.75) is 20.3 Å². The van der Waals surface area contributed by atoms with Gasteiger partial charge in [0.1, 0.15) is 0 Å². The molecule has 0 spiro atoms. The summed E-state index contributed by atoms with van der Waals surface area (Å²) in [4.78, 5) is 13.3. The molecule has 0 aromatic carbocycles. The topological polar surface area (TPSA) is 20.3 Å². The lowest BCUT2D eigenvalue weighted by Crippen LogP contribution is -2.32. The quantitative estimate of drug-likeness (QED) is 0.688. The standard InChI is InChI=1S/C10H18ClNO/c1-8(2)9(6-5-7-11)10(13)12(3)4/h5,7-9H,6H2,1-4H3/b7-5-/t9-/m0/s1. The predicted molar refractivity (Wildman–Crippen MR) is 56.6 cm³/mol. The smallest absolute Gasteiger partial charge is 0.225 e. The van der Waals surface area contributed by atoms with Crippen LogP contribution in [0.25, 0.3) is 0 Å². The average molecular weight is 204 g/mol. The lowest BCUT2D eigenvalue weighted by Gasteiger charge is -2.22. The van der Waals surface area contributed by atoms with Gasteiger partial charge in [0.15, 0.2) is 0 Å². The van der Waals surface area contributed by atoms with Crippen LogP contribution in [0, 0.1) is 11.8 Å². The van der Waals surface area contributed by atoms with Gasteiger partial charge in [-0.2, -0.15) is 0 Å². The maximum absolute atomic E-state index is 11.6. The molecule has 0 unspecified atom stereocenters. The first-order chi connectivity index (χ1) is 6.00. The fourth-order valence-electron chi connectivity index (χ4n) is 1.19. The molecule has 0 aromatic rings. The van der Waals surface area contributed by atoms with Crippen molar-refractivity contribution in [2.75, 3.05) is 14.1 Å². The van der Waals surface area contributed by atoms with E-state index in [1.54, 1.807) is 19.0 Å². The van der Waals surface area contributed by atoms with Crippen LogP contribution >= 0.6 is 11.6 Å². The van der Waals surface area contributed by atoms with E-state index in [9.17, 15) is 4.79 Å². The maximum atomic E-state index is 11.6. The number of halogens is 1. The van der Waals surface area contributed by atoms with Crippen LogP contribution in [-0.4, -0.2) is 24.9 Å². The fourth-order valence-corrected chi connectivity index (χ4v) is 1.29. The Morgan fingerprint density at radius 2 is 2.00 bits per heavy atom. The minimum atomic E-state index is 0.0463. The van der Waals surface area contributed by atoms with Gasteiger partial charge in [0.25, 0.3) is 0 Å². The molecule has 0 bridgehead atoms. The van der Waals surface area contributed by atoms with Crippen LogP contribution in [0.2, 0.25) is 0 Å². The molecule has 0 aliphatic carbocycles. The highest BCUT2D eigenvalue weighted by atomic mass is 35.5. The molecule has 0 radical (unpaired) electrons. The molecule has 2 nitrogen and oxygen atoms in total. The number of nitrogens with zero attached hydrogens (tertiary/aromatic N) is 1. The SMILES string of the molecule is CC(C)[C@H](C/C=C\Cl)C(=O)N(C)C. The second-order valence-corrected chi connectivity index (χ2v) is 3.93. The Morgan fingerprint density at radius 1 is 1.46 bits per heavy atom. The molecule has 0 aliphatic rings. The van der Waals surface area contributed by atoms with Crippen molar-refractivity contribution in [1.82, 2.24) is 4.90 Å². The van der Waals surface area contributed by atoms with E-state index >= 15 is 0 Å². The molecule has 76 valence electrons. The summed E-state index contributed by atoms with van der Waals surface area (Å²) >= 11 is 5.43. The Labute approximate surface area is 85.6 Å². The van der Waals surface area contributed by atoms with Crippen molar-refractivity contribution < 1.29 is 4.79 Å². The molecule has 0 fully saturated rings. The van der Waals surface area contributed by atoms with Gasteiger partial charge < -0.3 is 4.90 Å². The van der Waals surface area contributed by atoms with Gasteiger partial charge in [-0.15, -0.1) is 0 Å². The summed E-state index contributed by atoms with van der Waals surface area (Å²) in [6.07, 6.45) is 2.55. The summed E-state index contributed by atoms with van der Waals surface area (Å²) in [7, 11) is 3.56. The normalized spacial score (nSPS) is 13.7. The third-order valence-corrected chi connectivity index (χ3v) is 2.22. The van der Waals surface area contributed by atoms with E-state index in [0.29, 0.717) is 5.92 Å². The number of carbonyl (C=O) groups excluding carboxylic acids is 1. The lowest BCUT2D eigenvalue weighted by molar-refractivity contribution is -0.134. The van der Waals surface area contributed by atoms with Crippen molar-refractivity contribution in [3.05, 3.63) is 11.6 Å². The van der Waals surface area contributed by atoms with Crippen LogP contribution < -0.4 is 0 Å². The van der Waals surface area contributed by atoms with Gasteiger partial charge in [-0.1, -0.05) is 31.5 Å². The largest absolute Gasteiger partial charge is 0.349 e. The van der Waals surface area contributed by atoms with E-state index in [4.69, 9.17) is 11.6 Å². The fraction of sp³-hybridized carbons (Fsp3) is 0.700. The van der Waals surface area contributed by atoms with Crippen LogP contribution in [0.4, 0.5) is 0 Å². The molecule has 0 saturated heterocycles. The first-order valence-electron chi connectivity index (χ1n) is 4.47. The highest BCUT2D eigenvalue weighted by molar-refractivity contribution is 6.25. The first kappa shape index (κ1) is 12.5. The summed E-state index contributed by atoms with van der Waals surface area (Å²) in [5.41, 5.74) is 1.47. The van der Waals surface area contributed by atoms with E-state index in [1.165, 1.54) is 5.54 Å². The molecule has 0 rings (SSSR count). The van der Waals surface area contributed by atoms with E-state index in [0.717, 1.165) is 6.42 Å². The molecule has 0 aliphatic heterocycles. The number of allylic oxidation sites excluding steroid dienone is 1. The summed E-state index contributed by atoms with van der Waals surface area (Å²) < 4.78 is 0. The number of rotatable bonds is 4. The molecular weight excluding hydrogens is 186 g/mol. The van der Waals surface area contributed by atoms with Crippen LogP contribution in [0.1, 0.15) is 20.3 Å². The Kier molecular flexibility index (Phi) is 5.80. The van der Waals surface area contributed by atoms with Crippen molar-refractivity contribution in [1.29, 1.82) is 0 Å². The van der Waals surface area contributed by atoms with E-state index in [-0.39, 0.29) is 11.8 Å². The van der Waals surface area contributed by atoms with Crippen molar-refractivity contribution in [2.24, 2.45) is 11.8 Å². The summed E-state index contributed by atoms with van der Waals surface area (Å²) in [6, 6.07) is 0. The maximum Gasteiger partial charge on any atom is 0.225 e. The van der Waals surface area contributed by atoms with Crippen molar-refractivity contribution in [3.63, 3.8) is 0 Å². The summed E-state index contributed by atoms with van der Waals surface area (Å²) in [5, 5.41) is 0. The van der Waals surface area contributed by atoms with Crippen LogP contribution in [0.3, 0.4) is 0 Å². The predicted octanol–water partition coefficient (Wildman–Crippen LogP) is 2.49. The van der Waals surface area contributed by atoms with E-state index in [2.05, 4.69) is 0 Å². The molecule has 13 heavy (non-hydrogen) atoms. The molecule has 0 aromatic heterocycles. The highest BCUT2D eigenvalue weighted by Gasteiger charge is 2.21. The minimum Gasteiger partial charge on any atom is -0.349 e.